The van der Waals surface area contributed by atoms with Crippen molar-refractivity contribution in [2.75, 3.05) is 32.0 Å². The number of halogens is 4. The van der Waals surface area contributed by atoms with Crippen molar-refractivity contribution in [2.24, 2.45) is 17.3 Å². The lowest BCUT2D eigenvalue weighted by Gasteiger charge is -2.21. The number of pyridine rings is 1. The van der Waals surface area contributed by atoms with Crippen molar-refractivity contribution in [1.29, 1.82) is 0 Å². The van der Waals surface area contributed by atoms with Crippen molar-refractivity contribution in [3.05, 3.63) is 29.8 Å². The quantitative estimate of drug-likeness (QED) is 0.730. The topological polar surface area (TPSA) is 60.0 Å². The van der Waals surface area contributed by atoms with Crippen LogP contribution in [0.1, 0.15) is 38.2 Å². The lowest BCUT2D eigenvalue weighted by atomic mass is 9.92. The van der Waals surface area contributed by atoms with E-state index in [-0.39, 0.29) is 18.1 Å². The Labute approximate surface area is 173 Å². The van der Waals surface area contributed by atoms with Crippen LogP contribution in [0.5, 0.6) is 0 Å². The molecule has 164 valence electrons. The van der Waals surface area contributed by atoms with E-state index in [1.54, 1.807) is 0 Å². The van der Waals surface area contributed by atoms with Gasteiger partial charge in [0.2, 0.25) is 0 Å². The van der Waals surface area contributed by atoms with Gasteiger partial charge in [-0.25, -0.2) is 14.4 Å². The van der Waals surface area contributed by atoms with E-state index in [2.05, 4.69) is 35.2 Å². The van der Waals surface area contributed by atoms with Crippen molar-refractivity contribution < 1.29 is 17.6 Å². The van der Waals surface area contributed by atoms with Gasteiger partial charge in [0, 0.05) is 50.1 Å². The summed E-state index contributed by atoms with van der Waals surface area (Å²) in [5.74, 6) is 1.20. The molecule has 2 fully saturated rings. The number of anilines is 1. The van der Waals surface area contributed by atoms with Crippen LogP contribution in [0, 0.1) is 17.3 Å². The third kappa shape index (κ3) is 4.04. The standard InChI is InChI=1S/C21H27F4N5/c1-20(2,3)7-17-28-16(12-6-15(21(23,24)25)19(26)27-8-12)11-30(17)18-13-9-29(5-4-22)10-14(13)18/h6,8,11,13-14,18H,4-5,7,9-10H2,1-3H3,(H2,26,27)/t13-,14+,18?. The molecule has 9 heteroatoms. The number of likely N-dealkylation sites (tertiary alicyclic amines) is 1. The molecule has 2 aliphatic rings. The van der Waals surface area contributed by atoms with Gasteiger partial charge in [0.1, 0.15) is 18.3 Å². The first-order valence-corrected chi connectivity index (χ1v) is 10.2. The smallest absolute Gasteiger partial charge is 0.383 e. The van der Waals surface area contributed by atoms with Crippen molar-refractivity contribution >= 4 is 5.82 Å². The van der Waals surface area contributed by atoms with Crippen LogP contribution < -0.4 is 5.73 Å². The molecule has 1 saturated heterocycles. The van der Waals surface area contributed by atoms with Crippen LogP contribution in [0.2, 0.25) is 0 Å². The average molecular weight is 425 g/mol. The summed E-state index contributed by atoms with van der Waals surface area (Å²) >= 11 is 0. The summed E-state index contributed by atoms with van der Waals surface area (Å²) in [6, 6.07) is 1.29. The van der Waals surface area contributed by atoms with E-state index in [0.29, 0.717) is 36.1 Å². The number of nitrogens with zero attached hydrogens (tertiary/aromatic N) is 4. The number of nitrogen functional groups attached to an aromatic ring is 1. The highest BCUT2D eigenvalue weighted by atomic mass is 19.4. The summed E-state index contributed by atoms with van der Waals surface area (Å²) in [5, 5.41) is 0. The Bertz CT molecular complexity index is 918. The van der Waals surface area contributed by atoms with E-state index in [1.165, 1.54) is 6.20 Å². The van der Waals surface area contributed by atoms with E-state index in [1.807, 2.05) is 6.20 Å². The molecule has 30 heavy (non-hydrogen) atoms. The Morgan fingerprint density at radius 3 is 2.40 bits per heavy atom. The summed E-state index contributed by atoms with van der Waals surface area (Å²) in [7, 11) is 0. The fraction of sp³-hybridized carbons (Fsp3) is 0.619. The molecule has 3 heterocycles. The second kappa shape index (κ2) is 7.21. The maximum absolute atomic E-state index is 13.3. The molecule has 2 N–H and O–H groups in total. The van der Waals surface area contributed by atoms with Gasteiger partial charge in [-0.2, -0.15) is 13.2 Å². The highest BCUT2D eigenvalue weighted by Gasteiger charge is 2.57. The van der Waals surface area contributed by atoms with Crippen LogP contribution in [0.4, 0.5) is 23.4 Å². The van der Waals surface area contributed by atoms with E-state index in [0.717, 1.165) is 25.0 Å². The molecule has 5 nitrogen and oxygen atoms in total. The number of imidazole rings is 1. The number of rotatable bonds is 5. The molecular formula is C21H27F4N5. The molecule has 0 amide bonds. The highest BCUT2D eigenvalue weighted by Crippen LogP contribution is 2.56. The SMILES string of the molecule is CC(C)(C)Cc1nc(-c2cnc(N)c(C(F)(F)F)c2)cn1C1[C@H]2CN(CCF)C[C@@H]12. The molecule has 1 unspecified atom stereocenters. The fourth-order valence-electron chi connectivity index (χ4n) is 4.57. The molecule has 2 aromatic heterocycles. The zero-order valence-corrected chi connectivity index (χ0v) is 17.4. The molecule has 0 aromatic carbocycles. The number of piperidine rings is 1. The van der Waals surface area contributed by atoms with Crippen molar-refractivity contribution in [1.82, 2.24) is 19.4 Å². The van der Waals surface area contributed by atoms with Crippen LogP contribution in [-0.2, 0) is 12.6 Å². The van der Waals surface area contributed by atoms with Gasteiger partial charge in [-0.15, -0.1) is 0 Å². The zero-order chi connectivity index (χ0) is 21.8. The normalized spacial score (nSPS) is 24.3. The number of aromatic nitrogens is 3. The van der Waals surface area contributed by atoms with E-state index in [4.69, 9.17) is 10.7 Å². The van der Waals surface area contributed by atoms with Crippen LogP contribution in [0.15, 0.2) is 18.5 Å². The summed E-state index contributed by atoms with van der Waals surface area (Å²) in [5.41, 5.74) is 5.24. The maximum Gasteiger partial charge on any atom is 0.419 e. The minimum absolute atomic E-state index is 0.0267. The van der Waals surface area contributed by atoms with Gasteiger partial charge in [0.05, 0.1) is 11.3 Å². The van der Waals surface area contributed by atoms with Gasteiger partial charge < -0.3 is 15.2 Å². The lowest BCUT2D eigenvalue weighted by molar-refractivity contribution is -0.137. The summed E-state index contributed by atoms with van der Waals surface area (Å²) in [6.45, 7) is 8.13. The molecule has 1 aliphatic carbocycles. The Hall–Kier alpha value is -2.16. The first-order valence-electron chi connectivity index (χ1n) is 10.2. The number of nitrogens with two attached hydrogens (primary N) is 1. The zero-order valence-electron chi connectivity index (χ0n) is 17.4. The van der Waals surface area contributed by atoms with Gasteiger partial charge in [0.15, 0.2) is 0 Å². The number of alkyl halides is 4. The second-order valence-corrected chi connectivity index (χ2v) is 9.61. The van der Waals surface area contributed by atoms with Crippen molar-refractivity contribution in [3.8, 4) is 11.3 Å². The molecule has 4 rings (SSSR count). The van der Waals surface area contributed by atoms with Crippen molar-refractivity contribution in [3.63, 3.8) is 0 Å². The van der Waals surface area contributed by atoms with Crippen LogP contribution in [0.25, 0.3) is 11.3 Å². The summed E-state index contributed by atoms with van der Waals surface area (Å²) in [4.78, 5) is 10.6. The lowest BCUT2D eigenvalue weighted by Crippen LogP contribution is -2.27. The Morgan fingerprint density at radius 2 is 1.83 bits per heavy atom. The largest absolute Gasteiger partial charge is 0.419 e. The Balaban J connectivity index is 1.66. The van der Waals surface area contributed by atoms with E-state index in [9.17, 15) is 17.6 Å². The second-order valence-electron chi connectivity index (χ2n) is 9.61. The third-order valence-electron chi connectivity index (χ3n) is 5.96. The molecule has 3 atom stereocenters. The van der Waals surface area contributed by atoms with Gasteiger partial charge in [-0.05, 0) is 23.3 Å². The summed E-state index contributed by atoms with van der Waals surface area (Å²) < 4.78 is 54.6. The van der Waals surface area contributed by atoms with Gasteiger partial charge >= 0.3 is 6.18 Å². The highest BCUT2D eigenvalue weighted by molar-refractivity contribution is 5.62. The van der Waals surface area contributed by atoms with E-state index < -0.39 is 17.6 Å². The minimum atomic E-state index is -4.57. The van der Waals surface area contributed by atoms with Crippen LogP contribution >= 0.6 is 0 Å². The minimum Gasteiger partial charge on any atom is -0.383 e. The molecule has 0 radical (unpaired) electrons. The summed E-state index contributed by atoms with van der Waals surface area (Å²) in [6.07, 6.45) is -0.686. The molecule has 0 spiro atoms. The number of fused-ring (bicyclic) bond motifs is 1. The molecule has 1 saturated carbocycles. The van der Waals surface area contributed by atoms with Crippen molar-refractivity contribution in [2.45, 2.75) is 39.4 Å². The predicted molar refractivity (Wildman–Crippen MR) is 106 cm³/mol. The first-order chi connectivity index (χ1) is 14.0. The molecule has 1 aliphatic heterocycles. The van der Waals surface area contributed by atoms with E-state index >= 15 is 0 Å². The third-order valence-corrected chi connectivity index (χ3v) is 5.96. The number of hydrogen-bond donors (Lipinski definition) is 1. The predicted octanol–water partition coefficient (Wildman–Crippen LogP) is 4.21. The Kier molecular flexibility index (Phi) is 5.07. The van der Waals surface area contributed by atoms with Crippen LogP contribution in [-0.4, -0.2) is 45.7 Å². The van der Waals surface area contributed by atoms with Gasteiger partial charge in [-0.1, -0.05) is 20.8 Å². The fourth-order valence-corrected chi connectivity index (χ4v) is 4.57. The molecule has 2 aromatic rings. The molecular weight excluding hydrogens is 398 g/mol. The monoisotopic (exact) mass is 425 g/mol. The first kappa shape index (κ1) is 21.1. The number of hydrogen-bond acceptors (Lipinski definition) is 4. The van der Waals surface area contributed by atoms with Crippen LogP contribution in [0.3, 0.4) is 0 Å². The molecule has 0 bridgehead atoms. The van der Waals surface area contributed by atoms with Gasteiger partial charge in [0.25, 0.3) is 0 Å². The Morgan fingerprint density at radius 1 is 1.17 bits per heavy atom. The average Bonchev–Trinajstić information content (AvgIpc) is 2.96. The maximum atomic E-state index is 13.3. The van der Waals surface area contributed by atoms with Gasteiger partial charge in [-0.3, -0.25) is 0 Å².